The van der Waals surface area contributed by atoms with E-state index in [0.717, 1.165) is 11.8 Å². The minimum absolute atomic E-state index is 0.744. The van der Waals surface area contributed by atoms with Crippen molar-refractivity contribution in [3.63, 3.8) is 0 Å². The van der Waals surface area contributed by atoms with Crippen LogP contribution < -0.4 is 0 Å². The second-order valence-electron chi connectivity index (χ2n) is 4.79. The standard InChI is InChI=1S/C14H22/c1-2-12-9-10-14(11-12)13-7-5-3-4-6-8-13/h9-13H,2-8H2,1H3. The van der Waals surface area contributed by atoms with Crippen molar-refractivity contribution in [3.05, 3.63) is 23.8 Å². The summed E-state index contributed by atoms with van der Waals surface area (Å²) in [5, 5.41) is 0. The molecule has 0 aromatic heterocycles. The topological polar surface area (TPSA) is 0 Å². The van der Waals surface area contributed by atoms with E-state index in [2.05, 4.69) is 25.2 Å². The lowest BCUT2D eigenvalue weighted by Gasteiger charge is -2.13. The van der Waals surface area contributed by atoms with Crippen molar-refractivity contribution in [2.75, 3.05) is 0 Å². The van der Waals surface area contributed by atoms with Gasteiger partial charge in [0.25, 0.3) is 0 Å². The third-order valence-electron chi connectivity index (χ3n) is 3.74. The molecule has 78 valence electrons. The molecule has 0 radical (unpaired) electrons. The molecule has 2 rings (SSSR count). The van der Waals surface area contributed by atoms with Crippen LogP contribution in [0, 0.1) is 11.8 Å². The van der Waals surface area contributed by atoms with Crippen molar-refractivity contribution in [3.8, 4) is 0 Å². The molecule has 0 N–H and O–H groups in total. The maximum absolute atomic E-state index is 2.51. The van der Waals surface area contributed by atoms with Gasteiger partial charge in [-0.05, 0) is 36.7 Å². The third kappa shape index (κ3) is 2.29. The first-order chi connectivity index (χ1) is 6.90. The van der Waals surface area contributed by atoms with Crippen molar-refractivity contribution in [2.45, 2.75) is 51.9 Å². The van der Waals surface area contributed by atoms with E-state index in [1.807, 2.05) is 0 Å². The van der Waals surface area contributed by atoms with E-state index in [1.165, 1.54) is 44.9 Å². The van der Waals surface area contributed by atoms with E-state index >= 15 is 0 Å². The molecular formula is C14H22. The maximum Gasteiger partial charge on any atom is -0.00470 e. The fourth-order valence-electron chi connectivity index (χ4n) is 2.73. The van der Waals surface area contributed by atoms with Crippen molar-refractivity contribution in [1.29, 1.82) is 0 Å². The van der Waals surface area contributed by atoms with Gasteiger partial charge in [-0.15, -0.1) is 0 Å². The first-order valence-electron chi connectivity index (χ1n) is 6.30. The highest BCUT2D eigenvalue weighted by Crippen LogP contribution is 2.33. The molecular weight excluding hydrogens is 168 g/mol. The van der Waals surface area contributed by atoms with Crippen LogP contribution in [-0.2, 0) is 0 Å². The Morgan fingerprint density at radius 1 is 1.14 bits per heavy atom. The predicted octanol–water partition coefficient (Wildman–Crippen LogP) is 4.48. The lowest BCUT2D eigenvalue weighted by atomic mass is 9.92. The quantitative estimate of drug-likeness (QED) is 0.563. The van der Waals surface area contributed by atoms with Crippen LogP contribution in [0.3, 0.4) is 0 Å². The lowest BCUT2D eigenvalue weighted by Crippen LogP contribution is -2.00. The van der Waals surface area contributed by atoms with Crippen LogP contribution in [0.5, 0.6) is 0 Å². The van der Waals surface area contributed by atoms with Gasteiger partial charge in [0.15, 0.2) is 0 Å². The zero-order valence-electron chi connectivity index (χ0n) is 9.34. The molecule has 0 saturated heterocycles. The van der Waals surface area contributed by atoms with E-state index in [4.69, 9.17) is 0 Å². The van der Waals surface area contributed by atoms with Gasteiger partial charge in [-0.3, -0.25) is 0 Å². The van der Waals surface area contributed by atoms with Crippen molar-refractivity contribution in [2.24, 2.45) is 11.8 Å². The molecule has 1 unspecified atom stereocenters. The van der Waals surface area contributed by atoms with Gasteiger partial charge in [0.2, 0.25) is 0 Å². The van der Waals surface area contributed by atoms with E-state index in [-0.39, 0.29) is 0 Å². The molecule has 0 heterocycles. The van der Waals surface area contributed by atoms with Crippen LogP contribution in [0.1, 0.15) is 51.9 Å². The van der Waals surface area contributed by atoms with Gasteiger partial charge in [0.1, 0.15) is 0 Å². The summed E-state index contributed by atoms with van der Waals surface area (Å²) in [5.74, 6) is 1.64. The molecule has 14 heavy (non-hydrogen) atoms. The summed E-state index contributed by atoms with van der Waals surface area (Å²) >= 11 is 0. The van der Waals surface area contributed by atoms with Crippen molar-refractivity contribution >= 4 is 0 Å². The molecule has 1 atom stereocenters. The zero-order chi connectivity index (χ0) is 9.80. The molecule has 2 aliphatic carbocycles. The minimum Gasteiger partial charge on any atom is -0.0773 e. The van der Waals surface area contributed by atoms with Crippen LogP contribution in [-0.4, -0.2) is 0 Å². The summed E-state index contributed by atoms with van der Waals surface area (Å²) in [6.45, 7) is 2.28. The van der Waals surface area contributed by atoms with E-state index < -0.39 is 0 Å². The fourth-order valence-corrected chi connectivity index (χ4v) is 2.73. The molecule has 0 aromatic carbocycles. The Balaban J connectivity index is 1.97. The highest BCUT2D eigenvalue weighted by molar-refractivity contribution is 5.31. The molecule has 1 saturated carbocycles. The SMILES string of the molecule is CCC1C=CC(C2CCCCCC2)=C1. The second kappa shape index (κ2) is 4.82. The molecule has 0 nitrogen and oxygen atoms in total. The average Bonchev–Trinajstić information content (AvgIpc) is 2.53. The fraction of sp³-hybridized carbons (Fsp3) is 0.714. The Kier molecular flexibility index (Phi) is 3.44. The van der Waals surface area contributed by atoms with Crippen LogP contribution in [0.25, 0.3) is 0 Å². The first kappa shape index (κ1) is 10.0. The first-order valence-corrected chi connectivity index (χ1v) is 6.30. The van der Waals surface area contributed by atoms with Crippen molar-refractivity contribution in [1.82, 2.24) is 0 Å². The summed E-state index contributed by atoms with van der Waals surface area (Å²) in [4.78, 5) is 0. The minimum atomic E-state index is 0.744. The summed E-state index contributed by atoms with van der Waals surface area (Å²) in [6, 6.07) is 0. The van der Waals surface area contributed by atoms with E-state index in [1.54, 1.807) is 5.57 Å². The number of rotatable bonds is 2. The molecule has 0 aliphatic heterocycles. The molecule has 2 aliphatic rings. The normalized spacial score (nSPS) is 28.9. The lowest BCUT2D eigenvalue weighted by molar-refractivity contribution is 0.538. The molecule has 0 aromatic rings. The smallest absolute Gasteiger partial charge is 0.00470 e. The monoisotopic (exact) mass is 190 g/mol. The summed E-state index contributed by atoms with van der Waals surface area (Å²) in [5.41, 5.74) is 1.65. The summed E-state index contributed by atoms with van der Waals surface area (Å²) in [6.07, 6.45) is 17.3. The van der Waals surface area contributed by atoms with Crippen LogP contribution in [0.15, 0.2) is 23.8 Å². The maximum atomic E-state index is 2.51. The largest absolute Gasteiger partial charge is 0.0773 e. The van der Waals surface area contributed by atoms with Gasteiger partial charge in [-0.1, -0.05) is 50.8 Å². The van der Waals surface area contributed by atoms with Crippen molar-refractivity contribution < 1.29 is 0 Å². The Morgan fingerprint density at radius 3 is 2.43 bits per heavy atom. The van der Waals surface area contributed by atoms with Gasteiger partial charge in [-0.2, -0.15) is 0 Å². The molecule has 0 spiro atoms. The van der Waals surface area contributed by atoms with E-state index in [9.17, 15) is 0 Å². The highest BCUT2D eigenvalue weighted by atomic mass is 14.2. The van der Waals surface area contributed by atoms with Gasteiger partial charge < -0.3 is 0 Å². The molecule has 0 amide bonds. The summed E-state index contributed by atoms with van der Waals surface area (Å²) in [7, 11) is 0. The summed E-state index contributed by atoms with van der Waals surface area (Å²) < 4.78 is 0. The highest BCUT2D eigenvalue weighted by Gasteiger charge is 2.18. The third-order valence-corrected chi connectivity index (χ3v) is 3.74. The van der Waals surface area contributed by atoms with Crippen LogP contribution in [0.2, 0.25) is 0 Å². The Labute approximate surface area is 88.1 Å². The predicted molar refractivity (Wildman–Crippen MR) is 62.2 cm³/mol. The van der Waals surface area contributed by atoms with E-state index in [0.29, 0.717) is 0 Å². The van der Waals surface area contributed by atoms with Gasteiger partial charge in [0, 0.05) is 0 Å². The number of hydrogen-bond acceptors (Lipinski definition) is 0. The Morgan fingerprint density at radius 2 is 1.86 bits per heavy atom. The average molecular weight is 190 g/mol. The molecule has 0 heteroatoms. The van der Waals surface area contributed by atoms with Gasteiger partial charge in [0.05, 0.1) is 0 Å². The molecule has 1 fully saturated rings. The number of allylic oxidation sites excluding steroid dienone is 4. The van der Waals surface area contributed by atoms with Gasteiger partial charge in [-0.25, -0.2) is 0 Å². The number of hydrogen-bond donors (Lipinski definition) is 0. The van der Waals surface area contributed by atoms with Gasteiger partial charge >= 0.3 is 0 Å². The van der Waals surface area contributed by atoms with Crippen LogP contribution >= 0.6 is 0 Å². The Hall–Kier alpha value is -0.520. The zero-order valence-corrected chi connectivity index (χ0v) is 9.34. The second-order valence-corrected chi connectivity index (χ2v) is 4.79. The van der Waals surface area contributed by atoms with Crippen LogP contribution in [0.4, 0.5) is 0 Å². The molecule has 0 bridgehead atoms. The Bertz CT molecular complexity index is 226.